The predicted octanol–water partition coefficient (Wildman–Crippen LogP) is 5.06. The lowest BCUT2D eigenvalue weighted by molar-refractivity contribution is -0.139. The maximum Gasteiger partial charge on any atom is 0.419 e. The van der Waals surface area contributed by atoms with Crippen molar-refractivity contribution in [2.45, 2.75) is 6.18 Å². The lowest BCUT2D eigenvalue weighted by Crippen LogP contribution is -2.17. The highest BCUT2D eigenvalue weighted by Gasteiger charge is 2.34. The number of hydrogen-bond acceptors (Lipinski definition) is 4. The molecule has 1 aliphatic rings. The van der Waals surface area contributed by atoms with Gasteiger partial charge in [0, 0.05) is 4.88 Å². The highest BCUT2D eigenvalue weighted by Crippen LogP contribution is 2.36. The molecule has 1 N–H and O–H groups in total. The first-order chi connectivity index (χ1) is 11.2. The SMILES string of the molecule is O=C1NC(=S)S/C1=C\c1cc(-c2ccc(F)c(C(F)(F)F)c2)cs1. The van der Waals surface area contributed by atoms with Crippen LogP contribution in [0, 0.1) is 5.82 Å². The Labute approximate surface area is 147 Å². The fraction of sp³-hybridized carbons (Fsp3) is 0.0667. The largest absolute Gasteiger partial charge is 0.419 e. The van der Waals surface area contributed by atoms with Crippen molar-refractivity contribution >= 4 is 51.6 Å². The van der Waals surface area contributed by atoms with E-state index in [4.69, 9.17) is 12.2 Å². The standard InChI is InChI=1S/C15H7F4NOS3/c16-11-2-1-7(4-10(11)15(17,18)19)8-3-9(23-6-8)5-12-13(21)20-14(22)24-12/h1-6H,(H,20,21,22)/b12-5-. The smallest absolute Gasteiger partial charge is 0.307 e. The van der Waals surface area contributed by atoms with Gasteiger partial charge in [0.05, 0.1) is 10.5 Å². The van der Waals surface area contributed by atoms with Crippen molar-refractivity contribution < 1.29 is 22.4 Å². The zero-order valence-corrected chi connectivity index (χ0v) is 14.1. The Bertz CT molecular complexity index is 870. The maximum atomic E-state index is 13.4. The van der Waals surface area contributed by atoms with Crippen LogP contribution in [0.2, 0.25) is 0 Å². The summed E-state index contributed by atoms with van der Waals surface area (Å²) in [6.45, 7) is 0. The molecule has 1 aromatic heterocycles. The predicted molar refractivity (Wildman–Crippen MR) is 91.0 cm³/mol. The number of carbonyl (C=O) groups excluding carboxylic acids is 1. The van der Waals surface area contributed by atoms with E-state index in [0.29, 0.717) is 19.7 Å². The Morgan fingerprint density at radius 3 is 2.54 bits per heavy atom. The van der Waals surface area contributed by atoms with Crippen LogP contribution in [-0.4, -0.2) is 10.2 Å². The van der Waals surface area contributed by atoms with Crippen molar-refractivity contribution in [3.05, 3.63) is 50.8 Å². The Kier molecular flexibility index (Phi) is 4.50. The molecular weight excluding hydrogens is 382 g/mol. The van der Waals surface area contributed by atoms with E-state index < -0.39 is 17.6 Å². The van der Waals surface area contributed by atoms with Gasteiger partial charge in [-0.3, -0.25) is 4.79 Å². The first-order valence-corrected chi connectivity index (χ1v) is 8.55. The molecular formula is C15H7F4NOS3. The molecule has 9 heteroatoms. The number of halogens is 4. The van der Waals surface area contributed by atoms with Gasteiger partial charge in [0.25, 0.3) is 5.91 Å². The van der Waals surface area contributed by atoms with Gasteiger partial charge in [-0.25, -0.2) is 4.39 Å². The third-order valence-electron chi connectivity index (χ3n) is 3.14. The second-order valence-corrected chi connectivity index (χ2v) is 7.44. The summed E-state index contributed by atoms with van der Waals surface area (Å²) in [5.41, 5.74) is -0.533. The second-order valence-electron chi connectivity index (χ2n) is 4.78. The van der Waals surface area contributed by atoms with Crippen LogP contribution >= 0.6 is 35.3 Å². The number of hydrogen-bond donors (Lipinski definition) is 1. The molecule has 0 saturated carbocycles. The summed E-state index contributed by atoms with van der Waals surface area (Å²) < 4.78 is 52.1. The third-order valence-corrected chi connectivity index (χ3v) is 5.18. The van der Waals surface area contributed by atoms with Gasteiger partial charge in [-0.2, -0.15) is 13.2 Å². The molecule has 2 heterocycles. The van der Waals surface area contributed by atoms with Gasteiger partial charge in [-0.15, -0.1) is 11.3 Å². The first-order valence-electron chi connectivity index (χ1n) is 6.44. The topological polar surface area (TPSA) is 29.1 Å². The average Bonchev–Trinajstić information content (AvgIpc) is 3.06. The van der Waals surface area contributed by atoms with Crippen LogP contribution < -0.4 is 5.32 Å². The summed E-state index contributed by atoms with van der Waals surface area (Å²) in [6, 6.07) is 4.50. The quantitative estimate of drug-likeness (QED) is 0.442. The number of alkyl halides is 3. The molecule has 2 nitrogen and oxygen atoms in total. The van der Waals surface area contributed by atoms with Gasteiger partial charge in [0.2, 0.25) is 0 Å². The Hall–Kier alpha value is -1.71. The molecule has 0 aliphatic carbocycles. The zero-order chi connectivity index (χ0) is 17.5. The van der Waals surface area contributed by atoms with Crippen LogP contribution in [0.4, 0.5) is 17.6 Å². The third kappa shape index (κ3) is 3.52. The molecule has 2 aromatic rings. The first kappa shape index (κ1) is 17.1. The number of carbonyl (C=O) groups is 1. The van der Waals surface area contributed by atoms with E-state index in [0.717, 1.165) is 23.9 Å². The minimum absolute atomic E-state index is 0.253. The van der Waals surface area contributed by atoms with Crippen LogP contribution in [0.1, 0.15) is 10.4 Å². The van der Waals surface area contributed by atoms with Crippen molar-refractivity contribution in [1.82, 2.24) is 5.32 Å². The van der Waals surface area contributed by atoms with Gasteiger partial charge in [-0.05, 0) is 40.8 Å². The fourth-order valence-corrected chi connectivity index (χ4v) is 4.01. The monoisotopic (exact) mass is 389 g/mol. The van der Waals surface area contributed by atoms with Crippen LogP contribution in [0.5, 0.6) is 0 Å². The molecule has 124 valence electrons. The van der Waals surface area contributed by atoms with E-state index in [1.54, 1.807) is 17.5 Å². The van der Waals surface area contributed by atoms with Gasteiger partial charge < -0.3 is 5.32 Å². The molecule has 0 bridgehead atoms. The number of thiocarbonyl (C=S) groups is 1. The Balaban J connectivity index is 1.93. The van der Waals surface area contributed by atoms with E-state index in [1.165, 1.54) is 17.4 Å². The van der Waals surface area contributed by atoms with Crippen molar-refractivity contribution in [2.75, 3.05) is 0 Å². The van der Waals surface area contributed by atoms with E-state index in [9.17, 15) is 22.4 Å². The summed E-state index contributed by atoms with van der Waals surface area (Å²) in [4.78, 5) is 12.7. The molecule has 1 aromatic carbocycles. The number of nitrogens with one attached hydrogen (secondary N) is 1. The van der Waals surface area contributed by atoms with Gasteiger partial charge in [0.1, 0.15) is 10.1 Å². The summed E-state index contributed by atoms with van der Waals surface area (Å²) >= 11 is 7.27. The van der Waals surface area contributed by atoms with Crippen LogP contribution in [0.15, 0.2) is 34.6 Å². The lowest BCUT2D eigenvalue weighted by Gasteiger charge is -2.09. The molecule has 0 atom stereocenters. The minimum Gasteiger partial charge on any atom is -0.307 e. The van der Waals surface area contributed by atoms with Crippen molar-refractivity contribution in [3.63, 3.8) is 0 Å². The van der Waals surface area contributed by atoms with E-state index >= 15 is 0 Å². The highest BCUT2D eigenvalue weighted by atomic mass is 32.2. The molecule has 3 rings (SSSR count). The Morgan fingerprint density at radius 2 is 1.92 bits per heavy atom. The molecule has 1 amide bonds. The van der Waals surface area contributed by atoms with Crippen LogP contribution in [0.3, 0.4) is 0 Å². The zero-order valence-electron chi connectivity index (χ0n) is 11.6. The minimum atomic E-state index is -4.75. The summed E-state index contributed by atoms with van der Waals surface area (Å²) in [5, 5.41) is 4.13. The fourth-order valence-electron chi connectivity index (χ4n) is 2.05. The lowest BCUT2D eigenvalue weighted by atomic mass is 10.0. The molecule has 1 saturated heterocycles. The normalized spacial score (nSPS) is 16.8. The van der Waals surface area contributed by atoms with E-state index in [-0.39, 0.29) is 11.5 Å². The van der Waals surface area contributed by atoms with Crippen molar-refractivity contribution in [1.29, 1.82) is 0 Å². The molecule has 1 fully saturated rings. The maximum absolute atomic E-state index is 13.4. The Morgan fingerprint density at radius 1 is 1.17 bits per heavy atom. The molecule has 1 aliphatic heterocycles. The summed E-state index contributed by atoms with van der Waals surface area (Å²) in [5.74, 6) is -1.61. The summed E-state index contributed by atoms with van der Waals surface area (Å²) in [7, 11) is 0. The number of thioether (sulfide) groups is 1. The average molecular weight is 389 g/mol. The van der Waals surface area contributed by atoms with Gasteiger partial charge in [0.15, 0.2) is 0 Å². The van der Waals surface area contributed by atoms with Crippen LogP contribution in [-0.2, 0) is 11.0 Å². The molecule has 24 heavy (non-hydrogen) atoms. The number of benzene rings is 1. The van der Waals surface area contributed by atoms with Crippen molar-refractivity contribution in [3.8, 4) is 11.1 Å². The van der Waals surface area contributed by atoms with E-state index in [1.807, 2.05) is 0 Å². The van der Waals surface area contributed by atoms with Crippen LogP contribution in [0.25, 0.3) is 17.2 Å². The number of rotatable bonds is 2. The van der Waals surface area contributed by atoms with E-state index in [2.05, 4.69) is 5.32 Å². The number of thiophene rings is 1. The second kappa shape index (κ2) is 6.30. The number of amides is 1. The highest BCUT2D eigenvalue weighted by molar-refractivity contribution is 8.26. The van der Waals surface area contributed by atoms with Gasteiger partial charge in [-0.1, -0.05) is 30.0 Å². The van der Waals surface area contributed by atoms with Crippen molar-refractivity contribution in [2.24, 2.45) is 0 Å². The molecule has 0 radical (unpaired) electrons. The molecule has 0 unspecified atom stereocenters. The summed E-state index contributed by atoms with van der Waals surface area (Å²) in [6.07, 6.45) is -3.14. The molecule has 0 spiro atoms. The van der Waals surface area contributed by atoms with Gasteiger partial charge >= 0.3 is 6.18 Å².